The Morgan fingerprint density at radius 1 is 1.21 bits per heavy atom. The number of aryl methyl sites for hydroxylation is 2. The molecule has 0 radical (unpaired) electrons. The van der Waals surface area contributed by atoms with Gasteiger partial charge in [-0.05, 0) is 37.1 Å². The fraction of sp³-hybridized carbons (Fsp3) is 0.269. The van der Waals surface area contributed by atoms with Crippen LogP contribution >= 0.6 is 11.6 Å². The summed E-state index contributed by atoms with van der Waals surface area (Å²) in [6.07, 6.45) is 6.16. The number of aromatic amines is 1. The molecule has 1 unspecified atom stereocenters. The third kappa shape index (κ3) is 4.70. The summed E-state index contributed by atoms with van der Waals surface area (Å²) in [4.78, 5) is 30.6. The first kappa shape index (κ1) is 23.6. The number of aromatic nitrogens is 2. The molecule has 8 heteroatoms. The van der Waals surface area contributed by atoms with Crippen LogP contribution in [0.25, 0.3) is 5.76 Å². The minimum Gasteiger partial charge on any atom is -0.872 e. The highest BCUT2D eigenvalue weighted by atomic mass is 35.5. The first-order valence-electron chi connectivity index (χ1n) is 11.2. The zero-order chi connectivity index (χ0) is 24.2. The van der Waals surface area contributed by atoms with E-state index in [1.165, 1.54) is 11.0 Å². The van der Waals surface area contributed by atoms with Gasteiger partial charge in [0.1, 0.15) is 18.1 Å². The average molecular weight is 480 g/mol. The number of hydrogen-bond donors (Lipinski definition) is 1. The Balaban J connectivity index is 1.73. The molecule has 34 heavy (non-hydrogen) atoms. The summed E-state index contributed by atoms with van der Waals surface area (Å²) >= 11 is 6.29. The summed E-state index contributed by atoms with van der Waals surface area (Å²) in [5.41, 5.74) is 1.95. The molecular weight excluding hydrogens is 454 g/mol. The van der Waals surface area contributed by atoms with Crippen LogP contribution < -0.4 is 14.4 Å². The van der Waals surface area contributed by atoms with Crippen LogP contribution in [-0.2, 0) is 16.1 Å². The number of nitrogens with one attached hydrogen (secondary N) is 1. The van der Waals surface area contributed by atoms with Crippen molar-refractivity contribution in [3.8, 4) is 5.75 Å². The minimum atomic E-state index is -0.769. The molecule has 1 saturated heterocycles. The number of Topliss-reactive ketones (excluding diaryl/α,β-unsaturated/α-hetero) is 1. The van der Waals surface area contributed by atoms with Crippen LogP contribution in [0.5, 0.6) is 5.75 Å². The molecule has 1 amide bonds. The smallest absolute Gasteiger partial charge is 0.295 e. The summed E-state index contributed by atoms with van der Waals surface area (Å²) in [6, 6.07) is 11.4. The van der Waals surface area contributed by atoms with E-state index in [-0.39, 0.29) is 16.2 Å². The normalized spacial score (nSPS) is 17.4. The Morgan fingerprint density at radius 2 is 1.97 bits per heavy atom. The van der Waals surface area contributed by atoms with E-state index in [2.05, 4.69) is 4.98 Å². The molecule has 0 aliphatic carbocycles. The molecule has 0 bridgehead atoms. The van der Waals surface area contributed by atoms with E-state index in [1.807, 2.05) is 61.4 Å². The molecule has 7 nitrogen and oxygen atoms in total. The van der Waals surface area contributed by atoms with E-state index in [1.54, 1.807) is 12.1 Å². The van der Waals surface area contributed by atoms with Gasteiger partial charge < -0.3 is 14.7 Å². The average Bonchev–Trinajstić information content (AvgIpc) is 3.43. The van der Waals surface area contributed by atoms with Gasteiger partial charge >= 0.3 is 0 Å². The van der Waals surface area contributed by atoms with Crippen LogP contribution in [0.2, 0.25) is 5.02 Å². The highest BCUT2D eigenvalue weighted by Gasteiger charge is 2.43. The standard InChI is InChI=1S/C26H26ClN3O4/c1-3-34-21-10-9-19(15-20(21)27)24(31)22-23(18-7-5-17(2)6-8-18)30(26(33)25(22)32)13-4-12-29-14-11-28-16-29/h5-11,14-16,23H,3-4,12-13H2,1-2H3,(H,31,32). The molecule has 2 aromatic carbocycles. The maximum Gasteiger partial charge on any atom is 0.295 e. The van der Waals surface area contributed by atoms with Gasteiger partial charge in [-0.15, -0.1) is 0 Å². The topological polar surface area (TPSA) is 89.3 Å². The first-order valence-corrected chi connectivity index (χ1v) is 11.6. The van der Waals surface area contributed by atoms with Crippen molar-refractivity contribution in [2.24, 2.45) is 0 Å². The van der Waals surface area contributed by atoms with Crippen molar-refractivity contribution in [1.29, 1.82) is 0 Å². The monoisotopic (exact) mass is 479 g/mol. The van der Waals surface area contributed by atoms with E-state index in [0.717, 1.165) is 11.1 Å². The first-order chi connectivity index (χ1) is 16.4. The number of amides is 1. The molecular formula is C26H26ClN3O4. The number of halogens is 1. The number of hydrogen-bond acceptors (Lipinski definition) is 4. The Morgan fingerprint density at radius 3 is 2.62 bits per heavy atom. The lowest BCUT2D eigenvalue weighted by Gasteiger charge is -2.27. The second-order valence-electron chi connectivity index (χ2n) is 8.16. The Labute approximate surface area is 203 Å². The van der Waals surface area contributed by atoms with Gasteiger partial charge in [-0.1, -0.05) is 53.3 Å². The van der Waals surface area contributed by atoms with E-state index in [9.17, 15) is 14.7 Å². The van der Waals surface area contributed by atoms with Crippen LogP contribution in [0.4, 0.5) is 0 Å². The molecule has 2 heterocycles. The molecule has 1 aliphatic rings. The number of carbonyl (C=O) groups is 2. The number of nitrogens with zero attached hydrogens (tertiary/aromatic N) is 2. The number of carbonyl (C=O) groups excluding carboxylic acids is 2. The molecule has 4 rings (SSSR count). The van der Waals surface area contributed by atoms with E-state index < -0.39 is 23.5 Å². The number of likely N-dealkylation sites (tertiary alicyclic amines) is 1. The van der Waals surface area contributed by atoms with Crippen molar-refractivity contribution in [3.05, 3.63) is 88.5 Å². The van der Waals surface area contributed by atoms with Crippen molar-refractivity contribution in [3.63, 3.8) is 0 Å². The molecule has 1 aliphatic heterocycles. The predicted molar refractivity (Wildman–Crippen MR) is 126 cm³/mol. The molecule has 1 fully saturated rings. The van der Waals surface area contributed by atoms with Crippen LogP contribution in [0.1, 0.15) is 36.1 Å². The second-order valence-corrected chi connectivity index (χ2v) is 8.57. The molecule has 176 valence electrons. The summed E-state index contributed by atoms with van der Waals surface area (Å²) < 4.78 is 7.40. The number of rotatable bonds is 8. The predicted octanol–water partition coefficient (Wildman–Crippen LogP) is 2.98. The van der Waals surface area contributed by atoms with E-state index in [4.69, 9.17) is 16.3 Å². The van der Waals surface area contributed by atoms with Gasteiger partial charge in [-0.2, -0.15) is 0 Å². The Kier molecular flexibility index (Phi) is 7.03. The quantitative estimate of drug-likeness (QED) is 0.233. The number of ether oxygens (including phenoxy) is 1. The number of ketones is 1. The van der Waals surface area contributed by atoms with Crippen molar-refractivity contribution in [2.45, 2.75) is 32.9 Å². The van der Waals surface area contributed by atoms with Gasteiger partial charge in [0.15, 0.2) is 0 Å². The second kappa shape index (κ2) is 10.1. The van der Waals surface area contributed by atoms with Gasteiger partial charge in [0, 0.05) is 18.5 Å². The lowest BCUT2D eigenvalue weighted by atomic mass is 9.94. The zero-order valence-electron chi connectivity index (χ0n) is 19.1. The van der Waals surface area contributed by atoms with Crippen LogP contribution in [0.15, 0.2) is 66.8 Å². The molecule has 3 aromatic rings. The Hall–Kier alpha value is -3.58. The number of H-pyrrole nitrogens is 1. The summed E-state index contributed by atoms with van der Waals surface area (Å²) in [6.45, 7) is 5.23. The fourth-order valence-electron chi connectivity index (χ4n) is 4.15. The maximum atomic E-state index is 13.5. The summed E-state index contributed by atoms with van der Waals surface area (Å²) in [5.74, 6) is -1.48. The zero-order valence-corrected chi connectivity index (χ0v) is 19.8. The van der Waals surface area contributed by atoms with E-state index >= 15 is 0 Å². The van der Waals surface area contributed by atoms with Gasteiger partial charge in [0.25, 0.3) is 5.91 Å². The van der Waals surface area contributed by atoms with Crippen LogP contribution in [0.3, 0.4) is 0 Å². The van der Waals surface area contributed by atoms with Gasteiger partial charge in [-0.3, -0.25) is 14.6 Å². The van der Waals surface area contributed by atoms with Gasteiger partial charge in [-0.25, -0.2) is 4.57 Å². The van der Waals surface area contributed by atoms with Crippen molar-refractivity contribution >= 4 is 29.1 Å². The number of imidazole rings is 1. The lowest BCUT2D eigenvalue weighted by Crippen LogP contribution is -2.36. The van der Waals surface area contributed by atoms with Crippen LogP contribution in [-0.4, -0.2) is 34.7 Å². The number of benzene rings is 2. The van der Waals surface area contributed by atoms with Crippen molar-refractivity contribution < 1.29 is 24.0 Å². The third-order valence-electron chi connectivity index (χ3n) is 5.83. The largest absolute Gasteiger partial charge is 0.872 e. The van der Waals surface area contributed by atoms with E-state index in [0.29, 0.717) is 31.9 Å². The fourth-order valence-corrected chi connectivity index (χ4v) is 4.38. The molecule has 1 N–H and O–H groups in total. The highest BCUT2D eigenvalue weighted by molar-refractivity contribution is 6.46. The SMILES string of the molecule is CCOc1ccc(C([O-])=C2C(=O)C(=O)N(CCC[n+]3cc[nH]c3)C2c2ccc(C)cc2)cc1Cl. The Bertz CT molecular complexity index is 1220. The minimum absolute atomic E-state index is 0.0524. The molecule has 0 spiro atoms. The van der Waals surface area contributed by atoms with Crippen molar-refractivity contribution in [1.82, 2.24) is 9.88 Å². The van der Waals surface area contributed by atoms with Crippen LogP contribution in [0, 0.1) is 6.92 Å². The highest BCUT2D eigenvalue weighted by Crippen LogP contribution is 2.39. The van der Waals surface area contributed by atoms with Gasteiger partial charge in [0.05, 0.1) is 24.2 Å². The van der Waals surface area contributed by atoms with Crippen molar-refractivity contribution in [2.75, 3.05) is 13.2 Å². The summed E-state index contributed by atoms with van der Waals surface area (Å²) in [5, 5.41) is 13.8. The lowest BCUT2D eigenvalue weighted by molar-refractivity contribution is -0.695. The molecule has 0 saturated carbocycles. The third-order valence-corrected chi connectivity index (χ3v) is 6.13. The molecule has 1 atom stereocenters. The molecule has 1 aromatic heterocycles. The maximum absolute atomic E-state index is 13.5. The van der Waals surface area contributed by atoms with Gasteiger partial charge in [0.2, 0.25) is 12.1 Å². The summed E-state index contributed by atoms with van der Waals surface area (Å²) in [7, 11) is 0.